The number of hydrogen-bond acceptors (Lipinski definition) is 8. The van der Waals surface area contributed by atoms with Gasteiger partial charge in [0.2, 0.25) is 5.13 Å². The normalized spacial score (nSPS) is 15.7. The highest BCUT2D eigenvalue weighted by Crippen LogP contribution is 2.40. The molecule has 1 N–H and O–H groups in total. The maximum Gasteiger partial charge on any atom is 0.269 e. The van der Waals surface area contributed by atoms with Gasteiger partial charge >= 0.3 is 0 Å². The summed E-state index contributed by atoms with van der Waals surface area (Å²) in [6, 6.07) is 13.6. The number of ether oxygens (including phenoxy) is 1. The van der Waals surface area contributed by atoms with Crippen molar-refractivity contribution >= 4 is 49.8 Å². The van der Waals surface area contributed by atoms with E-state index in [4.69, 9.17) is 4.74 Å². The second kappa shape index (κ2) is 10.00. The summed E-state index contributed by atoms with van der Waals surface area (Å²) in [4.78, 5) is 13.2. The fraction of sp³-hybridized carbons (Fsp3) is 0.292. The zero-order valence-electron chi connectivity index (χ0n) is 19.6. The Morgan fingerprint density at radius 3 is 2.69 bits per heavy atom. The zero-order valence-corrected chi connectivity index (χ0v) is 22.0. The summed E-state index contributed by atoms with van der Waals surface area (Å²) in [7, 11) is -3.95. The lowest BCUT2D eigenvalue weighted by Gasteiger charge is -2.35. The summed E-state index contributed by atoms with van der Waals surface area (Å²) in [5.74, 6) is 0.497. The van der Waals surface area contributed by atoms with Crippen molar-refractivity contribution < 1.29 is 17.9 Å². The van der Waals surface area contributed by atoms with Crippen LogP contribution in [0.1, 0.15) is 26.3 Å². The van der Waals surface area contributed by atoms with Gasteiger partial charge in [-0.2, -0.15) is 0 Å². The SMILES string of the molecule is C=CCSc1nnc(NC(=O)C2CN(S(=O)(=O)c3ccccc3)c3cc(C(C)(C)C)ccc3O2)s1. The van der Waals surface area contributed by atoms with Crippen molar-refractivity contribution in [1.29, 1.82) is 0 Å². The molecule has 184 valence electrons. The lowest BCUT2D eigenvalue weighted by molar-refractivity contribution is -0.122. The number of fused-ring (bicyclic) bond motifs is 1. The van der Waals surface area contributed by atoms with Crippen molar-refractivity contribution in [2.45, 2.75) is 41.5 Å². The van der Waals surface area contributed by atoms with E-state index in [0.717, 1.165) is 5.56 Å². The van der Waals surface area contributed by atoms with E-state index in [-0.39, 0.29) is 16.9 Å². The first-order valence-corrected chi connectivity index (χ1v) is 14.1. The smallest absolute Gasteiger partial charge is 0.269 e. The maximum atomic E-state index is 13.6. The number of amides is 1. The van der Waals surface area contributed by atoms with Crippen LogP contribution in [0.3, 0.4) is 0 Å². The first-order valence-electron chi connectivity index (χ1n) is 10.9. The van der Waals surface area contributed by atoms with Crippen LogP contribution in [-0.2, 0) is 20.2 Å². The Kier molecular flexibility index (Phi) is 7.20. The van der Waals surface area contributed by atoms with Crippen molar-refractivity contribution in [3.63, 3.8) is 0 Å². The van der Waals surface area contributed by atoms with E-state index in [1.165, 1.54) is 39.5 Å². The van der Waals surface area contributed by atoms with Crippen LogP contribution in [0.2, 0.25) is 0 Å². The molecule has 35 heavy (non-hydrogen) atoms. The minimum Gasteiger partial charge on any atom is -0.476 e. The van der Waals surface area contributed by atoms with Gasteiger partial charge in [0.1, 0.15) is 5.75 Å². The minimum absolute atomic E-state index is 0.140. The van der Waals surface area contributed by atoms with Crippen LogP contribution in [0.25, 0.3) is 0 Å². The van der Waals surface area contributed by atoms with Gasteiger partial charge in [0, 0.05) is 5.75 Å². The molecule has 1 aromatic heterocycles. The van der Waals surface area contributed by atoms with Gasteiger partial charge in [0.25, 0.3) is 15.9 Å². The maximum absolute atomic E-state index is 13.6. The number of hydrogen-bond donors (Lipinski definition) is 1. The number of nitrogens with one attached hydrogen (secondary N) is 1. The number of aromatic nitrogens is 2. The number of carbonyl (C=O) groups excluding carboxylic acids is 1. The molecule has 4 rings (SSSR count). The standard InChI is InChI=1S/C24H26N4O4S3/c1-5-13-33-23-27-26-22(34-23)25-21(29)20-15-28(35(30,31)17-9-7-6-8-10-17)18-14-16(24(2,3)4)11-12-19(18)32-20/h5-12,14,20H,1,13,15H2,2-4H3,(H,25,26,29). The lowest BCUT2D eigenvalue weighted by Crippen LogP contribution is -2.49. The van der Waals surface area contributed by atoms with Gasteiger partial charge in [0.15, 0.2) is 10.4 Å². The number of sulfonamides is 1. The predicted molar refractivity (Wildman–Crippen MR) is 140 cm³/mol. The molecule has 1 amide bonds. The summed E-state index contributed by atoms with van der Waals surface area (Å²) < 4.78 is 35.2. The van der Waals surface area contributed by atoms with Gasteiger partial charge in [-0.05, 0) is 35.2 Å². The van der Waals surface area contributed by atoms with Crippen LogP contribution in [0, 0.1) is 0 Å². The topological polar surface area (TPSA) is 101 Å². The quantitative estimate of drug-likeness (QED) is 0.268. The molecule has 3 aromatic rings. The molecule has 0 saturated carbocycles. The van der Waals surface area contributed by atoms with Gasteiger partial charge in [-0.15, -0.1) is 16.8 Å². The summed E-state index contributed by atoms with van der Waals surface area (Å²) >= 11 is 2.69. The van der Waals surface area contributed by atoms with Crippen LogP contribution in [-0.4, -0.2) is 42.9 Å². The predicted octanol–water partition coefficient (Wildman–Crippen LogP) is 4.71. The Hall–Kier alpha value is -2.89. The van der Waals surface area contributed by atoms with E-state index in [1.54, 1.807) is 30.3 Å². The molecule has 1 aliphatic heterocycles. The Labute approximate surface area is 213 Å². The van der Waals surface area contributed by atoms with Crippen molar-refractivity contribution in [2.24, 2.45) is 0 Å². The van der Waals surface area contributed by atoms with Crippen LogP contribution in [0.4, 0.5) is 10.8 Å². The molecule has 8 nitrogen and oxygen atoms in total. The number of rotatable bonds is 7. The Balaban J connectivity index is 1.67. The van der Waals surface area contributed by atoms with Crippen LogP contribution in [0.5, 0.6) is 5.75 Å². The molecule has 0 bridgehead atoms. The van der Waals surface area contributed by atoms with Crippen LogP contribution >= 0.6 is 23.1 Å². The van der Waals surface area contributed by atoms with E-state index in [1.807, 2.05) is 32.9 Å². The number of benzene rings is 2. The van der Waals surface area contributed by atoms with Gasteiger partial charge in [-0.3, -0.25) is 14.4 Å². The molecule has 0 spiro atoms. The lowest BCUT2D eigenvalue weighted by atomic mass is 9.86. The van der Waals surface area contributed by atoms with E-state index in [0.29, 0.717) is 26.7 Å². The Morgan fingerprint density at radius 2 is 2.00 bits per heavy atom. The van der Waals surface area contributed by atoms with Crippen LogP contribution < -0.4 is 14.4 Å². The molecule has 0 radical (unpaired) electrons. The molecular formula is C24H26N4O4S3. The summed E-state index contributed by atoms with van der Waals surface area (Å²) in [6.07, 6.45) is 0.680. The third-order valence-electron chi connectivity index (χ3n) is 5.28. The minimum atomic E-state index is -3.95. The molecule has 2 aromatic carbocycles. The first kappa shape index (κ1) is 25.2. The average molecular weight is 531 g/mol. The van der Waals surface area contributed by atoms with Gasteiger partial charge in [-0.1, -0.05) is 74.2 Å². The second-order valence-corrected chi connectivity index (χ2v) is 13.0. The number of anilines is 2. The molecule has 0 fully saturated rings. The highest BCUT2D eigenvalue weighted by atomic mass is 32.2. The van der Waals surface area contributed by atoms with E-state index in [2.05, 4.69) is 22.1 Å². The summed E-state index contributed by atoms with van der Waals surface area (Å²) in [5, 5.41) is 11.1. The molecule has 11 heteroatoms. The third kappa shape index (κ3) is 5.52. The van der Waals surface area contributed by atoms with Crippen molar-refractivity contribution in [2.75, 3.05) is 21.9 Å². The van der Waals surface area contributed by atoms with Crippen molar-refractivity contribution in [3.05, 3.63) is 66.7 Å². The molecule has 0 saturated heterocycles. The molecular weight excluding hydrogens is 504 g/mol. The highest BCUT2D eigenvalue weighted by Gasteiger charge is 2.38. The molecule has 1 aliphatic rings. The largest absolute Gasteiger partial charge is 0.476 e. The number of thioether (sulfide) groups is 1. The first-order chi connectivity index (χ1) is 16.6. The zero-order chi connectivity index (χ0) is 25.2. The van der Waals surface area contributed by atoms with Crippen molar-refractivity contribution in [1.82, 2.24) is 10.2 Å². The summed E-state index contributed by atoms with van der Waals surface area (Å²) in [5.41, 5.74) is 1.16. The highest BCUT2D eigenvalue weighted by molar-refractivity contribution is 8.01. The number of carbonyl (C=O) groups is 1. The third-order valence-corrected chi connectivity index (χ3v) is 9.04. The molecule has 1 unspecified atom stereocenters. The fourth-order valence-corrected chi connectivity index (χ4v) is 6.44. The van der Waals surface area contributed by atoms with Crippen molar-refractivity contribution in [3.8, 4) is 5.75 Å². The fourth-order valence-electron chi connectivity index (χ4n) is 3.44. The summed E-state index contributed by atoms with van der Waals surface area (Å²) in [6.45, 7) is 9.64. The molecule has 0 aliphatic carbocycles. The van der Waals surface area contributed by atoms with Gasteiger partial charge in [-0.25, -0.2) is 8.42 Å². The molecule has 1 atom stereocenters. The number of nitrogens with zero attached hydrogens (tertiary/aromatic N) is 3. The average Bonchev–Trinajstić information content (AvgIpc) is 3.28. The van der Waals surface area contributed by atoms with Gasteiger partial charge in [0.05, 0.1) is 17.1 Å². The van der Waals surface area contributed by atoms with E-state index >= 15 is 0 Å². The van der Waals surface area contributed by atoms with Crippen LogP contribution in [0.15, 0.2) is 70.4 Å². The van der Waals surface area contributed by atoms with Gasteiger partial charge < -0.3 is 4.74 Å². The van der Waals surface area contributed by atoms with E-state index < -0.39 is 22.0 Å². The van der Waals surface area contributed by atoms with E-state index in [9.17, 15) is 13.2 Å². The monoisotopic (exact) mass is 530 g/mol. The Bertz CT molecular complexity index is 1330. The Morgan fingerprint density at radius 1 is 1.26 bits per heavy atom. The second-order valence-electron chi connectivity index (χ2n) is 8.85. The molecule has 2 heterocycles.